The molecule has 15 heavy (non-hydrogen) atoms. The maximum Gasteiger partial charge on any atom is 0.221 e. The molecule has 0 aromatic heterocycles. The number of carbonyl (C=O) groups is 1. The lowest BCUT2D eigenvalue weighted by molar-refractivity contribution is -0.114. The highest BCUT2D eigenvalue weighted by atomic mass is 31.1. The van der Waals surface area contributed by atoms with Crippen LogP contribution in [0.2, 0.25) is 0 Å². The van der Waals surface area contributed by atoms with Gasteiger partial charge in [0.15, 0.2) is 8.03 Å². The van der Waals surface area contributed by atoms with E-state index >= 15 is 0 Å². The van der Waals surface area contributed by atoms with Crippen molar-refractivity contribution in [2.45, 2.75) is 13.3 Å². The van der Waals surface area contributed by atoms with E-state index in [1.54, 1.807) is 12.1 Å². The molecule has 0 aliphatic carbocycles. The number of anilines is 1. The predicted molar refractivity (Wildman–Crippen MR) is 60.5 cm³/mol. The second kappa shape index (κ2) is 5.69. The Balaban J connectivity index is 2.56. The third-order valence-electron chi connectivity index (χ3n) is 1.90. The van der Waals surface area contributed by atoms with Crippen molar-refractivity contribution in [1.82, 2.24) is 0 Å². The van der Waals surface area contributed by atoms with Gasteiger partial charge in [0.2, 0.25) is 5.91 Å². The van der Waals surface area contributed by atoms with Crippen LogP contribution in [0.3, 0.4) is 0 Å². The fourth-order valence-electron chi connectivity index (χ4n) is 1.21. The van der Waals surface area contributed by atoms with E-state index in [9.17, 15) is 9.36 Å². The first-order valence-corrected chi connectivity index (χ1v) is 6.22. The number of benzene rings is 1. The third kappa shape index (κ3) is 4.77. The molecule has 0 heterocycles. The maximum absolute atomic E-state index is 10.7. The zero-order valence-corrected chi connectivity index (χ0v) is 9.49. The Hall–Kier alpha value is -1.12. The smallest absolute Gasteiger partial charge is 0.221 e. The van der Waals surface area contributed by atoms with Crippen molar-refractivity contribution in [1.29, 1.82) is 0 Å². The average Bonchev–Trinajstić information content (AvgIpc) is 2.16. The Labute approximate surface area is 89.2 Å². The van der Waals surface area contributed by atoms with Crippen LogP contribution in [0.15, 0.2) is 24.3 Å². The molecule has 4 nitrogen and oxygen atoms in total. The third-order valence-corrected chi connectivity index (χ3v) is 2.58. The summed E-state index contributed by atoms with van der Waals surface area (Å²) < 4.78 is 10.5. The van der Waals surface area contributed by atoms with Crippen LogP contribution in [0.5, 0.6) is 0 Å². The highest BCUT2D eigenvalue weighted by Gasteiger charge is 1.98. The molecule has 0 radical (unpaired) electrons. The number of aryl methyl sites for hydroxylation is 1. The fraction of sp³-hybridized carbons (Fsp3) is 0.300. The lowest BCUT2D eigenvalue weighted by Gasteiger charge is -2.03. The van der Waals surface area contributed by atoms with E-state index in [4.69, 9.17) is 4.89 Å². The van der Waals surface area contributed by atoms with Crippen molar-refractivity contribution in [3.05, 3.63) is 29.8 Å². The SMILES string of the molecule is CC(=O)Nc1ccc(CC[PH](=O)O)cc1. The lowest BCUT2D eigenvalue weighted by Crippen LogP contribution is -2.05. The summed E-state index contributed by atoms with van der Waals surface area (Å²) in [5.41, 5.74) is 1.74. The molecule has 82 valence electrons. The molecule has 1 aromatic carbocycles. The van der Waals surface area contributed by atoms with Crippen molar-refractivity contribution in [2.75, 3.05) is 11.5 Å². The molecule has 0 aliphatic heterocycles. The van der Waals surface area contributed by atoms with Gasteiger partial charge >= 0.3 is 0 Å². The summed E-state index contributed by atoms with van der Waals surface area (Å²) in [6, 6.07) is 7.25. The topological polar surface area (TPSA) is 66.4 Å². The molecule has 0 fully saturated rings. The highest BCUT2D eigenvalue weighted by Crippen LogP contribution is 2.16. The van der Waals surface area contributed by atoms with Crippen LogP contribution in [0.25, 0.3) is 0 Å². The summed E-state index contributed by atoms with van der Waals surface area (Å²) in [5, 5.41) is 2.65. The van der Waals surface area contributed by atoms with Crippen LogP contribution < -0.4 is 5.32 Å². The van der Waals surface area contributed by atoms with Gasteiger partial charge in [0.1, 0.15) is 0 Å². The molecule has 1 atom stereocenters. The molecule has 5 heteroatoms. The average molecular weight is 227 g/mol. The van der Waals surface area contributed by atoms with Gasteiger partial charge in [-0.25, -0.2) is 0 Å². The monoisotopic (exact) mass is 227 g/mol. The summed E-state index contributed by atoms with van der Waals surface area (Å²) in [5.74, 6) is -0.108. The van der Waals surface area contributed by atoms with Gasteiger partial charge < -0.3 is 10.2 Å². The van der Waals surface area contributed by atoms with Crippen molar-refractivity contribution < 1.29 is 14.3 Å². The van der Waals surface area contributed by atoms with Crippen LogP contribution in [0, 0.1) is 0 Å². The zero-order valence-electron chi connectivity index (χ0n) is 8.49. The van der Waals surface area contributed by atoms with E-state index in [2.05, 4.69) is 5.32 Å². The quantitative estimate of drug-likeness (QED) is 0.768. The van der Waals surface area contributed by atoms with E-state index in [1.165, 1.54) is 6.92 Å². The van der Waals surface area contributed by atoms with Crippen LogP contribution in [0.1, 0.15) is 12.5 Å². The van der Waals surface area contributed by atoms with Gasteiger partial charge in [-0.1, -0.05) is 12.1 Å². The Kier molecular flexibility index (Phi) is 4.53. The minimum absolute atomic E-state index is 0.108. The number of amides is 1. The van der Waals surface area contributed by atoms with E-state index in [0.717, 1.165) is 11.3 Å². The predicted octanol–water partition coefficient (Wildman–Crippen LogP) is 1.65. The van der Waals surface area contributed by atoms with Crippen LogP contribution in [0.4, 0.5) is 5.69 Å². The van der Waals surface area contributed by atoms with Crippen LogP contribution in [-0.2, 0) is 15.8 Å². The number of nitrogens with one attached hydrogen (secondary N) is 1. The molecule has 0 saturated carbocycles. The van der Waals surface area contributed by atoms with Gasteiger partial charge in [0.25, 0.3) is 0 Å². The number of hydrogen-bond donors (Lipinski definition) is 2. The molecule has 2 N–H and O–H groups in total. The summed E-state index contributed by atoms with van der Waals surface area (Å²) >= 11 is 0. The van der Waals surface area contributed by atoms with Crippen LogP contribution in [-0.4, -0.2) is 17.0 Å². The molecular weight excluding hydrogens is 213 g/mol. The second-order valence-electron chi connectivity index (χ2n) is 3.27. The molecule has 0 spiro atoms. The molecule has 1 unspecified atom stereocenters. The van der Waals surface area contributed by atoms with E-state index in [-0.39, 0.29) is 5.91 Å². The van der Waals surface area contributed by atoms with Gasteiger partial charge in [-0.3, -0.25) is 9.36 Å². The zero-order chi connectivity index (χ0) is 11.3. The Bertz CT molecular complexity index is 361. The van der Waals surface area contributed by atoms with Gasteiger partial charge in [0, 0.05) is 18.8 Å². The Morgan fingerprint density at radius 2 is 2.00 bits per heavy atom. The van der Waals surface area contributed by atoms with E-state index < -0.39 is 8.03 Å². The van der Waals surface area contributed by atoms with Crippen molar-refractivity contribution in [3.8, 4) is 0 Å². The molecule has 1 amide bonds. The van der Waals surface area contributed by atoms with Gasteiger partial charge in [-0.2, -0.15) is 0 Å². The maximum atomic E-state index is 10.7. The summed E-state index contributed by atoms with van der Waals surface area (Å²) in [6.07, 6.45) is 0.902. The van der Waals surface area contributed by atoms with Crippen molar-refractivity contribution in [2.24, 2.45) is 0 Å². The molecule has 1 rings (SSSR count). The largest absolute Gasteiger partial charge is 0.346 e. The van der Waals surface area contributed by atoms with Crippen molar-refractivity contribution >= 4 is 19.6 Å². The van der Waals surface area contributed by atoms with E-state index in [0.29, 0.717) is 12.6 Å². The number of rotatable bonds is 4. The molecule has 1 aromatic rings. The summed E-state index contributed by atoms with van der Waals surface area (Å²) in [4.78, 5) is 19.4. The Morgan fingerprint density at radius 3 is 2.47 bits per heavy atom. The number of carbonyl (C=O) groups excluding carboxylic acids is 1. The minimum atomic E-state index is -2.38. The van der Waals surface area contributed by atoms with Crippen molar-refractivity contribution in [3.63, 3.8) is 0 Å². The normalized spacial score (nSPS) is 12.1. The molecule has 0 bridgehead atoms. The van der Waals surface area contributed by atoms with Gasteiger partial charge in [-0.05, 0) is 24.1 Å². The second-order valence-corrected chi connectivity index (χ2v) is 4.56. The molecule has 0 saturated heterocycles. The fourth-order valence-corrected chi connectivity index (χ4v) is 1.71. The minimum Gasteiger partial charge on any atom is -0.346 e. The summed E-state index contributed by atoms with van der Waals surface area (Å²) in [6.45, 7) is 1.45. The first kappa shape index (κ1) is 12.0. The van der Waals surface area contributed by atoms with Crippen LogP contribution >= 0.6 is 8.03 Å². The lowest BCUT2D eigenvalue weighted by atomic mass is 10.1. The first-order valence-electron chi connectivity index (χ1n) is 4.66. The van der Waals surface area contributed by atoms with Gasteiger partial charge in [0.05, 0.1) is 0 Å². The van der Waals surface area contributed by atoms with E-state index in [1.807, 2.05) is 12.1 Å². The molecule has 0 aliphatic rings. The Morgan fingerprint density at radius 1 is 1.40 bits per heavy atom. The first-order chi connectivity index (χ1) is 7.08. The van der Waals surface area contributed by atoms with Gasteiger partial charge in [-0.15, -0.1) is 0 Å². The molecular formula is C10H14NO3P. The summed E-state index contributed by atoms with van der Waals surface area (Å²) in [7, 11) is -2.38. The number of hydrogen-bond acceptors (Lipinski definition) is 2. The standard InChI is InChI=1S/C10H14NO3P/c1-8(12)11-10-4-2-9(3-5-10)6-7-15(13)14/h2-5,15H,6-7H2,1H3,(H,11,12)(H,13,14). The highest BCUT2D eigenvalue weighted by molar-refractivity contribution is 7.37.